The summed E-state index contributed by atoms with van der Waals surface area (Å²) in [5.41, 5.74) is 10.6. The molecule has 268 valence electrons. The summed E-state index contributed by atoms with van der Waals surface area (Å²) in [6, 6.07) is 42.7. The van der Waals surface area contributed by atoms with E-state index < -0.39 is 0 Å². The van der Waals surface area contributed by atoms with Crippen LogP contribution >= 0.6 is 0 Å². The van der Waals surface area contributed by atoms with E-state index in [4.69, 9.17) is 8.83 Å². The van der Waals surface area contributed by atoms with Crippen molar-refractivity contribution in [1.29, 1.82) is 0 Å². The van der Waals surface area contributed by atoms with Gasteiger partial charge in [-0.25, -0.2) is 0 Å². The lowest BCUT2D eigenvalue weighted by atomic mass is 9.81. The highest BCUT2D eigenvalue weighted by Crippen LogP contribution is 2.50. The predicted octanol–water partition coefficient (Wildman–Crippen LogP) is 12.9. The standard InChI is InChI=1S/C45H35N5O2.2CH4/c1-5-26(2)50-39-16-9-8-14-34(39)36-23-28(19-22-40(36)50)41-46-47-42(51-41)29-17-20-32-33-21-18-30(25-38(33)45(3,4)37(32)24-29)43-48-49-44(52-43)35-15-10-12-27-11-6-7-13-31(27)35;;/h6-26H,5H2,1-4H3;2*1H4. The minimum atomic E-state index is -0.285. The summed E-state index contributed by atoms with van der Waals surface area (Å²) in [6.07, 6.45) is 1.05. The Balaban J connectivity index is 0.00000207. The Bertz CT molecular complexity index is 2850. The molecule has 0 radical (unpaired) electrons. The molecule has 0 spiro atoms. The Hall–Kier alpha value is -6.34. The first kappa shape index (κ1) is 34.7. The molecule has 7 heteroatoms. The van der Waals surface area contributed by atoms with Gasteiger partial charge in [0, 0.05) is 55.5 Å². The van der Waals surface area contributed by atoms with Crippen molar-refractivity contribution in [3.63, 3.8) is 0 Å². The number of rotatable bonds is 6. The fourth-order valence-corrected chi connectivity index (χ4v) is 8.11. The van der Waals surface area contributed by atoms with Gasteiger partial charge in [0.15, 0.2) is 0 Å². The summed E-state index contributed by atoms with van der Waals surface area (Å²) in [5.74, 6) is 2.02. The van der Waals surface area contributed by atoms with E-state index in [-0.39, 0.29) is 20.3 Å². The fraction of sp³-hybridized carbons (Fsp3) is 0.191. The van der Waals surface area contributed by atoms with E-state index in [1.54, 1.807) is 0 Å². The second-order valence-electron chi connectivity index (χ2n) is 14.4. The summed E-state index contributed by atoms with van der Waals surface area (Å²) in [6.45, 7) is 9.01. The third-order valence-electron chi connectivity index (χ3n) is 11.0. The van der Waals surface area contributed by atoms with Gasteiger partial charge in [-0.1, -0.05) is 102 Å². The zero-order valence-corrected chi connectivity index (χ0v) is 29.4. The lowest BCUT2D eigenvalue weighted by Crippen LogP contribution is -2.15. The molecule has 54 heavy (non-hydrogen) atoms. The molecule has 1 aliphatic carbocycles. The minimum absolute atomic E-state index is 0. The van der Waals surface area contributed by atoms with Gasteiger partial charge in [0.1, 0.15) is 0 Å². The van der Waals surface area contributed by atoms with Gasteiger partial charge < -0.3 is 13.4 Å². The maximum absolute atomic E-state index is 6.38. The Kier molecular flexibility index (Phi) is 8.33. The molecule has 0 bridgehead atoms. The van der Waals surface area contributed by atoms with Crippen LogP contribution in [-0.4, -0.2) is 25.0 Å². The Morgan fingerprint density at radius 1 is 0.537 bits per heavy atom. The lowest BCUT2D eigenvalue weighted by Gasteiger charge is -2.22. The van der Waals surface area contributed by atoms with Crippen molar-refractivity contribution in [3.05, 3.63) is 132 Å². The molecular weight excluding hydrogens is 667 g/mol. The number of aromatic nitrogens is 5. The summed E-state index contributed by atoms with van der Waals surface area (Å²) in [4.78, 5) is 0. The van der Waals surface area contributed by atoms with Crippen LogP contribution in [0, 0.1) is 0 Å². The average Bonchev–Trinajstić information content (AvgIpc) is 3.98. The number of hydrogen-bond acceptors (Lipinski definition) is 6. The van der Waals surface area contributed by atoms with Crippen molar-refractivity contribution in [2.75, 3.05) is 0 Å². The third-order valence-corrected chi connectivity index (χ3v) is 11.0. The van der Waals surface area contributed by atoms with Crippen molar-refractivity contribution < 1.29 is 8.83 Å². The number of hydrogen-bond donors (Lipinski definition) is 0. The molecular formula is C47H43N5O2. The number of nitrogens with zero attached hydrogens (tertiary/aromatic N) is 5. The van der Waals surface area contributed by atoms with Gasteiger partial charge in [-0.05, 0) is 101 Å². The molecule has 1 aliphatic rings. The molecule has 6 aromatic carbocycles. The van der Waals surface area contributed by atoms with Crippen molar-refractivity contribution in [1.82, 2.24) is 25.0 Å². The Morgan fingerprint density at radius 2 is 1.06 bits per heavy atom. The maximum atomic E-state index is 6.38. The molecule has 9 aromatic rings. The highest BCUT2D eigenvalue weighted by Gasteiger charge is 2.36. The van der Waals surface area contributed by atoms with Gasteiger partial charge in [0.05, 0.1) is 0 Å². The highest BCUT2D eigenvalue weighted by atomic mass is 16.4. The van der Waals surface area contributed by atoms with Gasteiger partial charge in [0.25, 0.3) is 0 Å². The van der Waals surface area contributed by atoms with E-state index in [0.717, 1.165) is 39.4 Å². The molecule has 0 amide bonds. The van der Waals surface area contributed by atoms with Gasteiger partial charge in [-0.3, -0.25) is 0 Å². The Morgan fingerprint density at radius 3 is 1.72 bits per heavy atom. The van der Waals surface area contributed by atoms with Gasteiger partial charge >= 0.3 is 0 Å². The highest BCUT2D eigenvalue weighted by molar-refractivity contribution is 6.09. The number of benzene rings is 6. The first-order valence-corrected chi connectivity index (χ1v) is 17.9. The van der Waals surface area contributed by atoms with E-state index >= 15 is 0 Å². The summed E-state index contributed by atoms with van der Waals surface area (Å²) >= 11 is 0. The molecule has 1 unspecified atom stereocenters. The van der Waals surface area contributed by atoms with E-state index in [2.05, 4.69) is 150 Å². The van der Waals surface area contributed by atoms with E-state index in [0.29, 0.717) is 29.6 Å². The second-order valence-corrected chi connectivity index (χ2v) is 14.4. The van der Waals surface area contributed by atoms with Crippen LogP contribution in [0.25, 0.3) is 89.5 Å². The largest absolute Gasteiger partial charge is 0.416 e. The van der Waals surface area contributed by atoms with Crippen LogP contribution in [0.4, 0.5) is 0 Å². The zero-order valence-electron chi connectivity index (χ0n) is 29.4. The number of fused-ring (bicyclic) bond motifs is 7. The maximum Gasteiger partial charge on any atom is 0.248 e. The van der Waals surface area contributed by atoms with Crippen molar-refractivity contribution in [2.45, 2.75) is 60.4 Å². The molecule has 3 aromatic heterocycles. The summed E-state index contributed by atoms with van der Waals surface area (Å²) in [5, 5.41) is 22.6. The van der Waals surface area contributed by atoms with Gasteiger partial charge in [-0.15, -0.1) is 20.4 Å². The van der Waals surface area contributed by atoms with E-state index in [1.807, 2.05) is 24.3 Å². The predicted molar refractivity (Wildman–Crippen MR) is 220 cm³/mol. The SMILES string of the molecule is C.C.CCC(C)n1c2ccccc2c2cc(-c3nnc(-c4ccc5c(c4)C(C)(C)c4cc(-c6nnc(-c7cccc8ccccc78)o6)ccc4-5)o3)ccc21. The molecule has 3 heterocycles. The average molecular weight is 710 g/mol. The topological polar surface area (TPSA) is 82.8 Å². The molecule has 1 atom stereocenters. The summed E-state index contributed by atoms with van der Waals surface area (Å²) < 4.78 is 15.1. The van der Waals surface area contributed by atoms with Crippen LogP contribution < -0.4 is 0 Å². The first-order valence-electron chi connectivity index (χ1n) is 17.9. The molecule has 0 saturated heterocycles. The molecule has 0 saturated carbocycles. The number of para-hydroxylation sites is 1. The van der Waals surface area contributed by atoms with Crippen LogP contribution in [0.2, 0.25) is 0 Å². The first-order chi connectivity index (χ1) is 25.4. The normalized spacial score (nSPS) is 13.4. The molecule has 10 rings (SSSR count). The van der Waals surface area contributed by atoms with Crippen molar-refractivity contribution >= 4 is 32.6 Å². The second kappa shape index (κ2) is 13.0. The monoisotopic (exact) mass is 709 g/mol. The smallest absolute Gasteiger partial charge is 0.248 e. The van der Waals surface area contributed by atoms with E-state index in [1.165, 1.54) is 44.1 Å². The molecule has 7 nitrogen and oxygen atoms in total. The third kappa shape index (κ3) is 5.17. The van der Waals surface area contributed by atoms with Crippen LogP contribution in [0.15, 0.2) is 130 Å². The van der Waals surface area contributed by atoms with Crippen molar-refractivity contribution in [2.24, 2.45) is 0 Å². The lowest BCUT2D eigenvalue weighted by molar-refractivity contribution is 0.563. The van der Waals surface area contributed by atoms with Crippen LogP contribution in [0.1, 0.15) is 66.1 Å². The zero-order chi connectivity index (χ0) is 35.1. The molecule has 0 N–H and O–H groups in total. The quantitative estimate of drug-likeness (QED) is 0.171. The van der Waals surface area contributed by atoms with Gasteiger partial charge in [0.2, 0.25) is 23.6 Å². The summed E-state index contributed by atoms with van der Waals surface area (Å²) in [7, 11) is 0. The molecule has 0 aliphatic heterocycles. The minimum Gasteiger partial charge on any atom is -0.416 e. The van der Waals surface area contributed by atoms with Crippen LogP contribution in [-0.2, 0) is 5.41 Å². The van der Waals surface area contributed by atoms with E-state index in [9.17, 15) is 0 Å². The van der Waals surface area contributed by atoms with Gasteiger partial charge in [-0.2, -0.15) is 0 Å². The van der Waals surface area contributed by atoms with Crippen LogP contribution in [0.5, 0.6) is 0 Å². The molecule has 0 fully saturated rings. The van der Waals surface area contributed by atoms with Crippen molar-refractivity contribution in [3.8, 4) is 56.9 Å². The fourth-order valence-electron chi connectivity index (χ4n) is 8.11. The van der Waals surface area contributed by atoms with Crippen LogP contribution in [0.3, 0.4) is 0 Å². The Labute approximate surface area is 315 Å².